The van der Waals surface area contributed by atoms with Gasteiger partial charge >= 0.3 is 12.1 Å². The molecule has 2 heterocycles. The minimum absolute atomic E-state index is 0.0446. The number of hydrogen-bond donors (Lipinski definition) is 0. The highest BCUT2D eigenvalue weighted by Crippen LogP contribution is 2.18. The number of rotatable bonds is 3. The molecule has 23 heavy (non-hydrogen) atoms. The van der Waals surface area contributed by atoms with E-state index in [0.29, 0.717) is 31.5 Å². The molecule has 0 N–H and O–H groups in total. The number of nitrogens with zero attached hydrogens (tertiary/aromatic N) is 3. The van der Waals surface area contributed by atoms with Crippen LogP contribution in [0.1, 0.15) is 50.9 Å². The van der Waals surface area contributed by atoms with Gasteiger partial charge in [-0.2, -0.15) is 0 Å². The van der Waals surface area contributed by atoms with Crippen LogP contribution < -0.4 is 4.74 Å². The van der Waals surface area contributed by atoms with Crippen molar-refractivity contribution in [1.82, 2.24) is 14.9 Å². The van der Waals surface area contributed by atoms with Gasteiger partial charge in [0.2, 0.25) is 0 Å². The van der Waals surface area contributed by atoms with Gasteiger partial charge < -0.3 is 14.4 Å². The number of likely N-dealkylation sites (tertiary alicyclic amines) is 1. The molecule has 1 aromatic rings. The van der Waals surface area contributed by atoms with Gasteiger partial charge in [-0.25, -0.2) is 14.8 Å². The molecule has 0 aromatic carbocycles. The number of amides is 1. The summed E-state index contributed by atoms with van der Waals surface area (Å²) >= 11 is 0. The molecule has 1 saturated heterocycles. The lowest BCUT2D eigenvalue weighted by Gasteiger charge is -2.33. The van der Waals surface area contributed by atoms with Crippen LogP contribution in [0.4, 0.5) is 4.79 Å². The van der Waals surface area contributed by atoms with Gasteiger partial charge in [0.1, 0.15) is 11.7 Å². The van der Waals surface area contributed by atoms with E-state index in [-0.39, 0.29) is 24.0 Å². The average molecular weight is 321 g/mol. The van der Waals surface area contributed by atoms with Gasteiger partial charge in [-0.05, 0) is 27.7 Å². The zero-order valence-corrected chi connectivity index (χ0v) is 14.0. The molecule has 0 unspecified atom stereocenters. The number of ether oxygens (including phenoxy) is 2. The first kappa shape index (κ1) is 17.2. The Bertz CT molecular complexity index is 558. The fourth-order valence-electron chi connectivity index (χ4n) is 2.19. The smallest absolute Gasteiger partial charge is 0.410 e. The Balaban J connectivity index is 1.82. The van der Waals surface area contributed by atoms with Gasteiger partial charge in [-0.1, -0.05) is 0 Å². The third-order valence-corrected chi connectivity index (χ3v) is 3.40. The van der Waals surface area contributed by atoms with Crippen LogP contribution in [0.15, 0.2) is 12.4 Å². The monoisotopic (exact) mass is 321 g/mol. The van der Waals surface area contributed by atoms with E-state index in [9.17, 15) is 9.59 Å². The Hall–Kier alpha value is -2.18. The van der Waals surface area contributed by atoms with Gasteiger partial charge in [0.25, 0.3) is 0 Å². The van der Waals surface area contributed by atoms with Crippen molar-refractivity contribution in [2.24, 2.45) is 0 Å². The van der Waals surface area contributed by atoms with Crippen molar-refractivity contribution in [1.29, 1.82) is 0 Å². The second kappa shape index (κ2) is 6.93. The lowest BCUT2D eigenvalue weighted by atomic mass is 10.1. The maximum atomic E-state index is 12.0. The van der Waals surface area contributed by atoms with Crippen molar-refractivity contribution in [2.45, 2.75) is 52.2 Å². The van der Waals surface area contributed by atoms with Crippen LogP contribution in [-0.4, -0.2) is 51.5 Å². The highest BCUT2D eigenvalue weighted by Gasteiger charge is 2.27. The van der Waals surface area contributed by atoms with E-state index in [0.717, 1.165) is 0 Å². The number of hydrogen-bond acceptors (Lipinski definition) is 6. The number of ketones is 1. The van der Waals surface area contributed by atoms with Crippen molar-refractivity contribution >= 4 is 11.9 Å². The van der Waals surface area contributed by atoms with Gasteiger partial charge in [0.15, 0.2) is 5.78 Å². The summed E-state index contributed by atoms with van der Waals surface area (Å²) in [6.45, 7) is 8.16. The highest BCUT2D eigenvalue weighted by atomic mass is 16.6. The maximum Gasteiger partial charge on any atom is 0.410 e. The molecule has 0 atom stereocenters. The Labute approximate surface area is 136 Å². The van der Waals surface area contributed by atoms with Crippen LogP contribution in [0.5, 0.6) is 6.01 Å². The number of carbonyl (C=O) groups is 2. The molecular weight excluding hydrogens is 298 g/mol. The van der Waals surface area contributed by atoms with Crippen LogP contribution in [0.25, 0.3) is 0 Å². The molecule has 0 saturated carbocycles. The van der Waals surface area contributed by atoms with Crippen LogP contribution in [-0.2, 0) is 4.74 Å². The van der Waals surface area contributed by atoms with Gasteiger partial charge in [-0.15, -0.1) is 0 Å². The molecule has 1 amide bonds. The molecule has 0 aliphatic carbocycles. The summed E-state index contributed by atoms with van der Waals surface area (Å²) in [7, 11) is 0. The fraction of sp³-hybridized carbons (Fsp3) is 0.625. The number of aromatic nitrogens is 2. The molecule has 7 heteroatoms. The molecule has 1 aliphatic heterocycles. The predicted molar refractivity (Wildman–Crippen MR) is 83.5 cm³/mol. The van der Waals surface area contributed by atoms with E-state index in [1.165, 1.54) is 19.3 Å². The molecule has 0 radical (unpaired) electrons. The van der Waals surface area contributed by atoms with E-state index in [4.69, 9.17) is 9.47 Å². The van der Waals surface area contributed by atoms with E-state index < -0.39 is 5.60 Å². The SMILES string of the molecule is CC(=O)c1cnc(OC2CCN(C(=O)OC(C)(C)C)CC2)nc1. The molecule has 0 spiro atoms. The lowest BCUT2D eigenvalue weighted by Crippen LogP contribution is -2.44. The predicted octanol–water partition coefficient (Wildman–Crippen LogP) is 2.46. The van der Waals surface area contributed by atoms with Crippen LogP contribution >= 0.6 is 0 Å². The minimum atomic E-state index is -0.489. The maximum absolute atomic E-state index is 12.0. The summed E-state index contributed by atoms with van der Waals surface area (Å²) in [6, 6.07) is 0.255. The molecule has 1 aromatic heterocycles. The van der Waals surface area contributed by atoms with Crippen molar-refractivity contribution in [3.8, 4) is 6.01 Å². The summed E-state index contributed by atoms with van der Waals surface area (Å²) in [6.07, 6.45) is 3.96. The number of carbonyl (C=O) groups excluding carboxylic acids is 2. The number of piperidine rings is 1. The van der Waals surface area contributed by atoms with Crippen molar-refractivity contribution < 1.29 is 19.1 Å². The zero-order valence-electron chi connectivity index (χ0n) is 14.0. The Morgan fingerprint density at radius 3 is 2.22 bits per heavy atom. The second-order valence-electron chi connectivity index (χ2n) is 6.60. The van der Waals surface area contributed by atoms with E-state index in [1.807, 2.05) is 20.8 Å². The van der Waals surface area contributed by atoms with Crippen LogP contribution in [0.2, 0.25) is 0 Å². The Kier molecular flexibility index (Phi) is 5.18. The first-order chi connectivity index (χ1) is 10.7. The molecule has 1 fully saturated rings. The summed E-state index contributed by atoms with van der Waals surface area (Å²) in [5.41, 5.74) is -0.0337. The van der Waals surface area contributed by atoms with Gasteiger partial charge in [0, 0.05) is 38.3 Å². The molecule has 1 aliphatic rings. The molecule has 126 valence electrons. The standard InChI is InChI=1S/C16H23N3O4/c1-11(20)12-9-17-14(18-10-12)22-13-5-7-19(8-6-13)15(21)23-16(2,3)4/h9-10,13H,5-8H2,1-4H3. The van der Waals surface area contributed by atoms with Gasteiger partial charge in [0.05, 0.1) is 5.56 Å². The van der Waals surface area contributed by atoms with Crippen LogP contribution in [0, 0.1) is 0 Å². The first-order valence-electron chi connectivity index (χ1n) is 7.72. The largest absolute Gasteiger partial charge is 0.460 e. The molecule has 2 rings (SSSR count). The second-order valence-corrected chi connectivity index (χ2v) is 6.60. The zero-order chi connectivity index (χ0) is 17.0. The van der Waals surface area contributed by atoms with Crippen LogP contribution in [0.3, 0.4) is 0 Å². The average Bonchev–Trinajstić information content (AvgIpc) is 2.46. The summed E-state index contributed by atoms with van der Waals surface area (Å²) < 4.78 is 11.1. The highest BCUT2D eigenvalue weighted by molar-refractivity contribution is 5.93. The van der Waals surface area contributed by atoms with E-state index in [2.05, 4.69) is 9.97 Å². The third kappa shape index (κ3) is 5.19. The molecule has 0 bridgehead atoms. The molecule has 7 nitrogen and oxygen atoms in total. The topological polar surface area (TPSA) is 81.6 Å². The Morgan fingerprint density at radius 2 is 1.74 bits per heavy atom. The third-order valence-electron chi connectivity index (χ3n) is 3.40. The summed E-state index contributed by atoms with van der Waals surface area (Å²) in [4.78, 5) is 32.9. The van der Waals surface area contributed by atoms with Crippen molar-refractivity contribution in [3.63, 3.8) is 0 Å². The van der Waals surface area contributed by atoms with E-state index >= 15 is 0 Å². The van der Waals surface area contributed by atoms with Gasteiger partial charge in [-0.3, -0.25) is 4.79 Å². The normalized spacial score (nSPS) is 16.1. The van der Waals surface area contributed by atoms with E-state index in [1.54, 1.807) is 4.90 Å². The summed E-state index contributed by atoms with van der Waals surface area (Å²) in [5.74, 6) is -0.0813. The fourth-order valence-corrected chi connectivity index (χ4v) is 2.19. The summed E-state index contributed by atoms with van der Waals surface area (Å²) in [5, 5.41) is 0. The number of Topliss-reactive ketones (excluding diaryl/α,β-unsaturated/α-hetero) is 1. The first-order valence-corrected chi connectivity index (χ1v) is 7.72. The molecular formula is C16H23N3O4. The lowest BCUT2D eigenvalue weighted by molar-refractivity contribution is 0.0119. The Morgan fingerprint density at radius 1 is 1.17 bits per heavy atom. The quantitative estimate of drug-likeness (QED) is 0.795. The minimum Gasteiger partial charge on any atom is -0.460 e. The van der Waals surface area contributed by atoms with Crippen molar-refractivity contribution in [2.75, 3.05) is 13.1 Å². The van der Waals surface area contributed by atoms with Crippen molar-refractivity contribution in [3.05, 3.63) is 18.0 Å².